The summed E-state index contributed by atoms with van der Waals surface area (Å²) in [5.41, 5.74) is 4.24. The van der Waals surface area contributed by atoms with E-state index in [0.717, 1.165) is 32.1 Å². The van der Waals surface area contributed by atoms with Gasteiger partial charge in [-0.15, -0.1) is 11.3 Å². The number of thioether (sulfide) groups is 1. The molecule has 0 unspecified atom stereocenters. The van der Waals surface area contributed by atoms with Gasteiger partial charge in [0.25, 0.3) is 0 Å². The van der Waals surface area contributed by atoms with E-state index in [-0.39, 0.29) is 11.2 Å². The first-order chi connectivity index (χ1) is 11.9. The number of thiophene rings is 1. The molecule has 1 N–H and O–H groups in total. The van der Waals surface area contributed by atoms with Gasteiger partial charge in [-0.25, -0.2) is 9.97 Å². The number of carbonyl (C=O) groups excluding carboxylic acids is 1. The molecule has 4 nitrogen and oxygen atoms in total. The number of fused-ring (bicyclic) bond motifs is 1. The summed E-state index contributed by atoms with van der Waals surface area (Å²) in [6.07, 6.45) is 1.58. The molecule has 3 rings (SSSR count). The van der Waals surface area contributed by atoms with Crippen molar-refractivity contribution in [2.24, 2.45) is 0 Å². The number of hydrogen-bond acceptors (Lipinski definition) is 5. The number of rotatable bonds is 4. The predicted octanol–water partition coefficient (Wildman–Crippen LogP) is 5.04. The van der Waals surface area contributed by atoms with Crippen LogP contribution in [0.1, 0.15) is 28.5 Å². The molecule has 1 atom stereocenters. The van der Waals surface area contributed by atoms with Crippen molar-refractivity contribution < 1.29 is 4.79 Å². The lowest BCUT2D eigenvalue weighted by Gasteiger charge is -2.15. The lowest BCUT2D eigenvalue weighted by molar-refractivity contribution is -0.115. The fourth-order valence-electron chi connectivity index (χ4n) is 2.70. The van der Waals surface area contributed by atoms with E-state index in [0.29, 0.717) is 0 Å². The van der Waals surface area contributed by atoms with E-state index >= 15 is 0 Å². The maximum atomic E-state index is 12.7. The third-order valence-electron chi connectivity index (χ3n) is 4.32. The Morgan fingerprint density at radius 1 is 1.16 bits per heavy atom. The van der Waals surface area contributed by atoms with Crippen LogP contribution in [0.15, 0.2) is 29.6 Å². The largest absolute Gasteiger partial charge is 0.325 e. The number of para-hydroxylation sites is 1. The zero-order chi connectivity index (χ0) is 18.1. The summed E-state index contributed by atoms with van der Waals surface area (Å²) >= 11 is 3.15. The highest BCUT2D eigenvalue weighted by Crippen LogP contribution is 2.36. The van der Waals surface area contributed by atoms with Gasteiger partial charge in [-0.1, -0.05) is 30.0 Å². The number of hydrogen-bond donors (Lipinski definition) is 1. The monoisotopic (exact) mass is 371 g/mol. The Balaban J connectivity index is 1.83. The molecule has 6 heteroatoms. The molecular weight excluding hydrogens is 350 g/mol. The molecular formula is C19H21N3OS2. The first kappa shape index (κ1) is 17.9. The van der Waals surface area contributed by atoms with Crippen LogP contribution in [0.25, 0.3) is 10.2 Å². The minimum Gasteiger partial charge on any atom is -0.325 e. The highest BCUT2D eigenvalue weighted by Gasteiger charge is 2.20. The van der Waals surface area contributed by atoms with Gasteiger partial charge in [-0.3, -0.25) is 4.79 Å². The van der Waals surface area contributed by atoms with Crippen molar-refractivity contribution in [2.75, 3.05) is 5.32 Å². The summed E-state index contributed by atoms with van der Waals surface area (Å²) in [5, 5.41) is 4.76. The molecule has 25 heavy (non-hydrogen) atoms. The Bertz CT molecular complexity index is 929. The minimum absolute atomic E-state index is 0.0150. The van der Waals surface area contributed by atoms with E-state index in [2.05, 4.69) is 29.1 Å². The van der Waals surface area contributed by atoms with Crippen LogP contribution in [-0.2, 0) is 4.79 Å². The van der Waals surface area contributed by atoms with E-state index in [9.17, 15) is 4.79 Å². The van der Waals surface area contributed by atoms with Crippen LogP contribution in [0.4, 0.5) is 5.69 Å². The molecule has 0 bridgehead atoms. The second-order valence-corrected chi connectivity index (χ2v) is 8.69. The standard InChI is InChI=1S/C19H21N3OS2/c1-10-7-6-8-11(2)16(10)22-17(23)14(5)25-19-15-12(3)13(4)24-18(15)20-9-21-19/h6-9,14H,1-5H3,(H,22,23)/t14-/m0/s1. The molecule has 0 aliphatic carbocycles. The highest BCUT2D eigenvalue weighted by molar-refractivity contribution is 8.00. The summed E-state index contributed by atoms with van der Waals surface area (Å²) < 4.78 is 0. The zero-order valence-corrected chi connectivity index (χ0v) is 16.6. The van der Waals surface area contributed by atoms with Gasteiger partial charge in [0.05, 0.1) is 5.25 Å². The van der Waals surface area contributed by atoms with E-state index in [1.807, 2.05) is 39.0 Å². The normalized spacial score (nSPS) is 12.4. The van der Waals surface area contributed by atoms with Gasteiger partial charge in [0.15, 0.2) is 0 Å². The van der Waals surface area contributed by atoms with Crippen molar-refractivity contribution in [3.8, 4) is 0 Å². The number of nitrogens with zero attached hydrogens (tertiary/aromatic N) is 2. The van der Waals surface area contributed by atoms with Crippen molar-refractivity contribution in [3.05, 3.63) is 46.1 Å². The van der Waals surface area contributed by atoms with Crippen LogP contribution in [-0.4, -0.2) is 21.1 Å². The molecule has 2 aromatic heterocycles. The third-order valence-corrected chi connectivity index (χ3v) is 6.53. The summed E-state index contributed by atoms with van der Waals surface area (Å²) in [4.78, 5) is 23.7. The topological polar surface area (TPSA) is 54.9 Å². The Kier molecular flexibility index (Phi) is 5.11. The molecule has 130 valence electrons. The van der Waals surface area contributed by atoms with Crippen molar-refractivity contribution >= 4 is 44.9 Å². The fraction of sp³-hybridized carbons (Fsp3) is 0.316. The Morgan fingerprint density at radius 3 is 2.52 bits per heavy atom. The van der Waals surface area contributed by atoms with Gasteiger partial charge in [0, 0.05) is 16.0 Å². The van der Waals surface area contributed by atoms with Crippen molar-refractivity contribution in [1.82, 2.24) is 9.97 Å². The van der Waals surface area contributed by atoms with Gasteiger partial charge in [0.1, 0.15) is 16.2 Å². The van der Waals surface area contributed by atoms with Gasteiger partial charge in [-0.2, -0.15) is 0 Å². The van der Waals surface area contributed by atoms with E-state index in [1.165, 1.54) is 22.2 Å². The molecule has 0 aliphatic rings. The summed E-state index contributed by atoms with van der Waals surface area (Å²) in [6, 6.07) is 6.01. The maximum absolute atomic E-state index is 12.7. The molecule has 1 amide bonds. The number of aromatic nitrogens is 2. The molecule has 0 saturated carbocycles. The lowest BCUT2D eigenvalue weighted by Crippen LogP contribution is -2.23. The number of carbonyl (C=O) groups is 1. The van der Waals surface area contributed by atoms with E-state index in [1.54, 1.807) is 17.7 Å². The Labute approximate surface area is 156 Å². The number of amides is 1. The molecule has 3 aromatic rings. The van der Waals surface area contributed by atoms with Crippen LogP contribution >= 0.6 is 23.1 Å². The fourth-order valence-corrected chi connectivity index (χ4v) is 4.73. The third kappa shape index (κ3) is 3.55. The highest BCUT2D eigenvalue weighted by atomic mass is 32.2. The van der Waals surface area contributed by atoms with Crippen molar-refractivity contribution in [1.29, 1.82) is 0 Å². The van der Waals surface area contributed by atoms with Crippen molar-refractivity contribution in [3.63, 3.8) is 0 Å². The number of anilines is 1. The molecule has 1 aromatic carbocycles. The van der Waals surface area contributed by atoms with Crippen LogP contribution in [0.5, 0.6) is 0 Å². The quantitative estimate of drug-likeness (QED) is 0.515. The molecule has 0 fully saturated rings. The van der Waals surface area contributed by atoms with E-state index in [4.69, 9.17) is 0 Å². The predicted molar refractivity (Wildman–Crippen MR) is 107 cm³/mol. The second-order valence-electron chi connectivity index (χ2n) is 6.16. The number of benzene rings is 1. The van der Waals surface area contributed by atoms with Crippen molar-refractivity contribution in [2.45, 2.75) is 44.9 Å². The molecule has 0 spiro atoms. The smallest absolute Gasteiger partial charge is 0.237 e. The first-order valence-electron chi connectivity index (χ1n) is 8.13. The molecule has 2 heterocycles. The van der Waals surface area contributed by atoms with Gasteiger partial charge >= 0.3 is 0 Å². The average Bonchev–Trinajstić information content (AvgIpc) is 2.86. The maximum Gasteiger partial charge on any atom is 0.237 e. The SMILES string of the molecule is Cc1cccc(C)c1NC(=O)[C@H](C)Sc1ncnc2sc(C)c(C)c12. The Morgan fingerprint density at radius 2 is 1.84 bits per heavy atom. The second kappa shape index (κ2) is 7.14. The lowest BCUT2D eigenvalue weighted by atomic mass is 10.1. The van der Waals surface area contributed by atoms with Gasteiger partial charge < -0.3 is 5.32 Å². The summed E-state index contributed by atoms with van der Waals surface area (Å²) in [6.45, 7) is 10.1. The van der Waals surface area contributed by atoms with Crippen LogP contribution in [0, 0.1) is 27.7 Å². The average molecular weight is 372 g/mol. The summed E-state index contributed by atoms with van der Waals surface area (Å²) in [5.74, 6) is -0.0150. The Hall–Kier alpha value is -1.92. The summed E-state index contributed by atoms with van der Waals surface area (Å²) in [7, 11) is 0. The van der Waals surface area contributed by atoms with Gasteiger partial charge in [0.2, 0.25) is 5.91 Å². The van der Waals surface area contributed by atoms with Crippen LogP contribution in [0.2, 0.25) is 0 Å². The first-order valence-corrected chi connectivity index (χ1v) is 9.82. The number of aryl methyl sites for hydroxylation is 4. The number of nitrogens with one attached hydrogen (secondary N) is 1. The van der Waals surface area contributed by atoms with Crippen LogP contribution < -0.4 is 5.32 Å². The zero-order valence-electron chi connectivity index (χ0n) is 15.0. The minimum atomic E-state index is -0.253. The van der Waals surface area contributed by atoms with E-state index < -0.39 is 0 Å². The van der Waals surface area contributed by atoms with Gasteiger partial charge in [-0.05, 0) is 51.3 Å². The molecule has 0 aliphatic heterocycles. The van der Waals surface area contributed by atoms with Crippen LogP contribution in [0.3, 0.4) is 0 Å². The molecule has 0 saturated heterocycles. The molecule has 0 radical (unpaired) electrons.